The molecule has 2 heteroatoms. The van der Waals surface area contributed by atoms with Gasteiger partial charge in [0.1, 0.15) is 11.6 Å². The van der Waals surface area contributed by atoms with Crippen LogP contribution in [0.4, 0.5) is 0 Å². The average molecular weight is 453 g/mol. The summed E-state index contributed by atoms with van der Waals surface area (Å²) in [7, 11) is 0. The molecular weight excluding hydrogens is 404 g/mol. The van der Waals surface area contributed by atoms with E-state index in [1.54, 1.807) is 5.57 Å². The Balaban J connectivity index is 1.67. The lowest BCUT2D eigenvalue weighted by molar-refractivity contribution is -0.146. The molecule has 4 aliphatic carbocycles. The van der Waals surface area contributed by atoms with E-state index in [0.717, 1.165) is 32.1 Å². The van der Waals surface area contributed by atoms with Crippen molar-refractivity contribution in [3.8, 4) is 0 Å². The topological polar surface area (TPSA) is 34.1 Å². The molecule has 3 fully saturated rings. The van der Waals surface area contributed by atoms with Gasteiger partial charge in [0.15, 0.2) is 0 Å². The van der Waals surface area contributed by atoms with Gasteiger partial charge in [0.25, 0.3) is 0 Å². The van der Waals surface area contributed by atoms with Crippen LogP contribution in [0.3, 0.4) is 0 Å². The predicted molar refractivity (Wildman–Crippen MR) is 137 cm³/mol. The Morgan fingerprint density at radius 1 is 1.06 bits per heavy atom. The Kier molecular flexibility index (Phi) is 6.19. The molecule has 4 aliphatic rings. The Morgan fingerprint density at radius 3 is 2.39 bits per heavy atom. The molecule has 3 saturated carbocycles. The summed E-state index contributed by atoms with van der Waals surface area (Å²) in [5.41, 5.74) is 3.45. The minimum Gasteiger partial charge on any atom is -0.300 e. The van der Waals surface area contributed by atoms with E-state index < -0.39 is 0 Å². The second-order valence-electron chi connectivity index (χ2n) is 13.7. The third-order valence-electron chi connectivity index (χ3n) is 11.7. The number of ketones is 2. The molecule has 4 rings (SSSR count). The first kappa shape index (κ1) is 24.9. The number of fused-ring (bicyclic) bond motifs is 5. The molecule has 33 heavy (non-hydrogen) atoms. The van der Waals surface area contributed by atoms with Gasteiger partial charge in [-0.2, -0.15) is 0 Å². The Labute approximate surface area is 203 Å². The number of allylic oxidation sites excluding steroid dienone is 4. The molecule has 0 heterocycles. The maximum atomic E-state index is 12.9. The van der Waals surface area contributed by atoms with Gasteiger partial charge in [-0.3, -0.25) is 9.59 Å². The Hall–Kier alpha value is -1.18. The number of carbonyl (C=O) groups is 2. The maximum Gasteiger partial charge on any atom is 0.138 e. The highest BCUT2D eigenvalue weighted by Crippen LogP contribution is 2.73. The molecule has 2 nitrogen and oxygen atoms in total. The predicted octanol–water partition coefficient (Wildman–Crippen LogP) is 8.11. The fourth-order valence-corrected chi connectivity index (χ4v) is 9.44. The Bertz CT molecular complexity index is 887. The number of carbonyl (C=O) groups excluding carboxylic acids is 2. The summed E-state index contributed by atoms with van der Waals surface area (Å²) in [5, 5.41) is 0. The fraction of sp³-hybridized carbons (Fsp3) is 0.806. The van der Waals surface area contributed by atoms with Crippen LogP contribution in [0.2, 0.25) is 0 Å². The first-order valence-electron chi connectivity index (χ1n) is 13.7. The van der Waals surface area contributed by atoms with Crippen LogP contribution in [0.25, 0.3) is 0 Å². The van der Waals surface area contributed by atoms with E-state index in [4.69, 9.17) is 0 Å². The van der Waals surface area contributed by atoms with Crippen molar-refractivity contribution in [3.63, 3.8) is 0 Å². The van der Waals surface area contributed by atoms with Crippen LogP contribution in [0, 0.1) is 45.3 Å². The van der Waals surface area contributed by atoms with Crippen molar-refractivity contribution in [3.05, 3.63) is 23.3 Å². The highest BCUT2D eigenvalue weighted by molar-refractivity contribution is 5.85. The van der Waals surface area contributed by atoms with Crippen molar-refractivity contribution in [1.29, 1.82) is 0 Å². The van der Waals surface area contributed by atoms with Crippen LogP contribution in [0.5, 0.6) is 0 Å². The first-order valence-corrected chi connectivity index (χ1v) is 13.7. The molecule has 0 N–H and O–H groups in total. The molecule has 0 radical (unpaired) electrons. The standard InChI is InChI=1S/C31H48O2/c1-20(2)10-9-11-22(21(3)32)23-14-18-31(8)25-12-13-26-28(4,5)27(33)16-17-29(26,6)24(25)15-19-30(23,31)7/h10,12,22-24,26H,9,11,13-19H2,1-8H3/t22-,23-,24-,26+,29+,30-,31+/m0/s1. The highest BCUT2D eigenvalue weighted by atomic mass is 16.1. The summed E-state index contributed by atoms with van der Waals surface area (Å²) in [6.45, 7) is 18.1. The highest BCUT2D eigenvalue weighted by Gasteiger charge is 2.65. The van der Waals surface area contributed by atoms with E-state index >= 15 is 0 Å². The van der Waals surface area contributed by atoms with E-state index in [2.05, 4.69) is 60.6 Å². The third kappa shape index (κ3) is 3.56. The summed E-state index contributed by atoms with van der Waals surface area (Å²) in [6.07, 6.45) is 14.6. The fourth-order valence-electron chi connectivity index (χ4n) is 9.44. The van der Waals surface area contributed by atoms with Crippen molar-refractivity contribution >= 4 is 11.6 Å². The zero-order valence-electron chi connectivity index (χ0n) is 22.6. The SMILES string of the molecule is CC(=O)[C@H](CCC=C(C)C)[C@@H]1CC[C@]2(C)C3=CC[C@@H]4C(C)(C)C(=O)CC[C@]4(C)[C@H]3CC[C@@]12C. The zero-order chi connectivity index (χ0) is 24.4. The smallest absolute Gasteiger partial charge is 0.138 e. The molecule has 0 aromatic rings. The van der Waals surface area contributed by atoms with E-state index in [1.165, 1.54) is 31.3 Å². The van der Waals surface area contributed by atoms with E-state index in [0.29, 0.717) is 29.3 Å². The average Bonchev–Trinajstić information content (AvgIpc) is 3.00. The Morgan fingerprint density at radius 2 is 1.76 bits per heavy atom. The summed E-state index contributed by atoms with van der Waals surface area (Å²) < 4.78 is 0. The lowest BCUT2D eigenvalue weighted by Gasteiger charge is -2.63. The van der Waals surface area contributed by atoms with Crippen molar-refractivity contribution in [1.82, 2.24) is 0 Å². The number of hydrogen-bond acceptors (Lipinski definition) is 2. The van der Waals surface area contributed by atoms with Crippen molar-refractivity contribution in [2.24, 2.45) is 45.3 Å². The van der Waals surface area contributed by atoms with Crippen molar-refractivity contribution in [2.45, 2.75) is 113 Å². The summed E-state index contributed by atoms with van der Waals surface area (Å²) in [5.74, 6) is 2.59. The maximum absolute atomic E-state index is 12.9. The second kappa shape index (κ2) is 8.20. The van der Waals surface area contributed by atoms with Gasteiger partial charge in [-0.15, -0.1) is 0 Å². The molecule has 0 saturated heterocycles. The summed E-state index contributed by atoms with van der Waals surface area (Å²) in [4.78, 5) is 25.7. The number of hydrogen-bond donors (Lipinski definition) is 0. The molecular formula is C31H48O2. The van der Waals surface area contributed by atoms with Gasteiger partial charge in [-0.25, -0.2) is 0 Å². The molecule has 0 unspecified atom stereocenters. The van der Waals surface area contributed by atoms with E-state index in [1.807, 2.05) is 6.92 Å². The molecule has 0 aromatic heterocycles. The van der Waals surface area contributed by atoms with Crippen molar-refractivity contribution < 1.29 is 9.59 Å². The van der Waals surface area contributed by atoms with Crippen LogP contribution in [-0.4, -0.2) is 11.6 Å². The number of Topliss-reactive ketones (excluding diaryl/α,β-unsaturated/α-hetero) is 2. The molecule has 184 valence electrons. The van der Waals surface area contributed by atoms with Gasteiger partial charge in [0, 0.05) is 17.8 Å². The minimum absolute atomic E-state index is 0.183. The summed E-state index contributed by atoms with van der Waals surface area (Å²) in [6, 6.07) is 0. The second-order valence-corrected chi connectivity index (χ2v) is 13.7. The molecule has 0 aliphatic heterocycles. The van der Waals surface area contributed by atoms with Crippen molar-refractivity contribution in [2.75, 3.05) is 0 Å². The van der Waals surface area contributed by atoms with Gasteiger partial charge < -0.3 is 0 Å². The molecule has 0 spiro atoms. The first-order chi connectivity index (χ1) is 15.3. The normalized spacial score (nSPS) is 42.5. The molecule has 0 bridgehead atoms. The summed E-state index contributed by atoms with van der Waals surface area (Å²) >= 11 is 0. The van der Waals surface area contributed by atoms with Gasteiger partial charge in [-0.05, 0) is 106 Å². The quantitative estimate of drug-likeness (QED) is 0.395. The lowest BCUT2D eigenvalue weighted by Crippen LogP contribution is -2.57. The third-order valence-corrected chi connectivity index (χ3v) is 11.7. The molecule has 0 aromatic carbocycles. The van der Waals surface area contributed by atoms with Gasteiger partial charge in [0.2, 0.25) is 0 Å². The monoisotopic (exact) mass is 452 g/mol. The van der Waals surface area contributed by atoms with Crippen LogP contribution < -0.4 is 0 Å². The number of rotatable bonds is 5. The van der Waals surface area contributed by atoms with Crippen LogP contribution in [0.1, 0.15) is 113 Å². The lowest BCUT2D eigenvalue weighted by atomic mass is 9.41. The minimum atomic E-state index is -0.209. The van der Waals surface area contributed by atoms with Gasteiger partial charge >= 0.3 is 0 Å². The zero-order valence-corrected chi connectivity index (χ0v) is 22.6. The van der Waals surface area contributed by atoms with Crippen LogP contribution in [0.15, 0.2) is 23.3 Å². The van der Waals surface area contributed by atoms with Gasteiger partial charge in [-0.1, -0.05) is 57.9 Å². The van der Waals surface area contributed by atoms with E-state index in [9.17, 15) is 9.59 Å². The van der Waals surface area contributed by atoms with Gasteiger partial charge in [0.05, 0.1) is 0 Å². The molecule has 7 atom stereocenters. The molecule has 0 amide bonds. The van der Waals surface area contributed by atoms with Crippen LogP contribution >= 0.6 is 0 Å². The largest absolute Gasteiger partial charge is 0.300 e. The van der Waals surface area contributed by atoms with Crippen LogP contribution in [-0.2, 0) is 9.59 Å². The van der Waals surface area contributed by atoms with E-state index in [-0.39, 0.29) is 27.6 Å².